The predicted molar refractivity (Wildman–Crippen MR) is 77.4 cm³/mol. The van der Waals surface area contributed by atoms with Gasteiger partial charge < -0.3 is 5.32 Å². The molecule has 1 aromatic carbocycles. The van der Waals surface area contributed by atoms with Crippen molar-refractivity contribution in [2.45, 2.75) is 37.6 Å². The maximum atomic E-state index is 13.1. The summed E-state index contributed by atoms with van der Waals surface area (Å²) in [6, 6.07) is 5.12. The maximum Gasteiger partial charge on any atom is 0.137 e. The first-order chi connectivity index (χ1) is 8.66. The second kappa shape index (κ2) is 6.88. The molecule has 2 unspecified atom stereocenters. The summed E-state index contributed by atoms with van der Waals surface area (Å²) < 4.78 is 13.6. The number of halogens is 3. The van der Waals surface area contributed by atoms with Crippen LogP contribution in [0.3, 0.4) is 0 Å². The minimum Gasteiger partial charge on any atom is -0.312 e. The summed E-state index contributed by atoms with van der Waals surface area (Å²) in [7, 11) is 0. The smallest absolute Gasteiger partial charge is 0.137 e. The average molecular weight is 335 g/mol. The van der Waals surface area contributed by atoms with Gasteiger partial charge in [-0.25, -0.2) is 4.39 Å². The van der Waals surface area contributed by atoms with Gasteiger partial charge >= 0.3 is 0 Å². The molecule has 1 aromatic rings. The summed E-state index contributed by atoms with van der Waals surface area (Å²) in [6.45, 7) is 1.71. The van der Waals surface area contributed by atoms with Crippen molar-refractivity contribution in [2.75, 3.05) is 6.54 Å². The molecule has 0 saturated heterocycles. The molecule has 0 radical (unpaired) electrons. The van der Waals surface area contributed by atoms with E-state index in [-0.39, 0.29) is 5.82 Å². The van der Waals surface area contributed by atoms with Crippen LogP contribution in [0.1, 0.15) is 31.2 Å². The average Bonchev–Trinajstić information content (AvgIpc) is 2.36. The molecule has 2 rings (SSSR count). The third-order valence-corrected chi connectivity index (χ3v) is 4.72. The molecular formula is C14H18BrClFN. The van der Waals surface area contributed by atoms with E-state index in [1.807, 2.05) is 12.1 Å². The highest BCUT2D eigenvalue weighted by Crippen LogP contribution is 2.28. The lowest BCUT2D eigenvalue weighted by atomic mass is 9.89. The Hall–Kier alpha value is -0.120. The second-order valence-electron chi connectivity index (χ2n) is 4.94. The number of hydrogen-bond donors (Lipinski definition) is 1. The monoisotopic (exact) mass is 333 g/mol. The molecule has 0 amide bonds. The van der Waals surface area contributed by atoms with Crippen molar-refractivity contribution in [3.05, 3.63) is 34.1 Å². The van der Waals surface area contributed by atoms with Crippen LogP contribution in [-0.2, 0) is 6.54 Å². The van der Waals surface area contributed by atoms with Crippen molar-refractivity contribution in [1.82, 2.24) is 5.32 Å². The van der Waals surface area contributed by atoms with E-state index in [1.54, 1.807) is 0 Å². The summed E-state index contributed by atoms with van der Waals surface area (Å²) in [5.41, 5.74) is 1.09. The lowest BCUT2D eigenvalue weighted by Gasteiger charge is -2.27. The summed E-state index contributed by atoms with van der Waals surface area (Å²) >= 11 is 9.51. The van der Waals surface area contributed by atoms with E-state index in [2.05, 4.69) is 21.2 Å². The molecule has 4 heteroatoms. The number of alkyl halides is 1. The van der Waals surface area contributed by atoms with Crippen LogP contribution in [0.5, 0.6) is 0 Å². The Morgan fingerprint density at radius 2 is 2.11 bits per heavy atom. The number of hydrogen-bond acceptors (Lipinski definition) is 1. The van der Waals surface area contributed by atoms with Gasteiger partial charge in [-0.3, -0.25) is 0 Å². The molecule has 100 valence electrons. The number of rotatable bonds is 4. The number of benzene rings is 1. The van der Waals surface area contributed by atoms with Crippen LogP contribution in [-0.4, -0.2) is 11.9 Å². The van der Waals surface area contributed by atoms with Crippen LogP contribution in [0.25, 0.3) is 0 Å². The highest BCUT2D eigenvalue weighted by Gasteiger charge is 2.22. The Labute approximate surface area is 121 Å². The molecule has 0 bridgehead atoms. The van der Waals surface area contributed by atoms with E-state index >= 15 is 0 Å². The third-order valence-electron chi connectivity index (χ3n) is 3.54. The SMILES string of the molecule is Fc1ccc(CNCC2CCCCC2Cl)cc1Br. The Bertz CT molecular complexity index is 399. The van der Waals surface area contributed by atoms with Gasteiger partial charge in [0.15, 0.2) is 0 Å². The molecular weight excluding hydrogens is 317 g/mol. The minimum atomic E-state index is -0.216. The molecule has 0 spiro atoms. The Morgan fingerprint density at radius 1 is 1.33 bits per heavy atom. The van der Waals surface area contributed by atoms with E-state index in [0.29, 0.717) is 15.8 Å². The van der Waals surface area contributed by atoms with E-state index in [4.69, 9.17) is 11.6 Å². The normalized spacial score (nSPS) is 24.2. The molecule has 1 aliphatic rings. The zero-order valence-corrected chi connectivity index (χ0v) is 12.6. The van der Waals surface area contributed by atoms with Gasteiger partial charge in [0.05, 0.1) is 4.47 Å². The lowest BCUT2D eigenvalue weighted by molar-refractivity contribution is 0.348. The quantitative estimate of drug-likeness (QED) is 0.801. The summed E-state index contributed by atoms with van der Waals surface area (Å²) in [5, 5.41) is 3.73. The van der Waals surface area contributed by atoms with E-state index in [1.165, 1.54) is 25.3 Å². The molecule has 1 N–H and O–H groups in total. The van der Waals surface area contributed by atoms with E-state index in [9.17, 15) is 4.39 Å². The zero-order valence-electron chi connectivity index (χ0n) is 10.3. The molecule has 18 heavy (non-hydrogen) atoms. The fourth-order valence-corrected chi connectivity index (χ4v) is 3.24. The van der Waals surface area contributed by atoms with Gasteiger partial charge in [0.2, 0.25) is 0 Å². The van der Waals surface area contributed by atoms with E-state index < -0.39 is 0 Å². The molecule has 0 heterocycles. The third kappa shape index (κ3) is 3.94. The topological polar surface area (TPSA) is 12.0 Å². The van der Waals surface area contributed by atoms with Crippen LogP contribution >= 0.6 is 27.5 Å². The molecule has 1 saturated carbocycles. The van der Waals surface area contributed by atoms with Crippen LogP contribution in [0.4, 0.5) is 4.39 Å². The van der Waals surface area contributed by atoms with E-state index in [0.717, 1.165) is 25.1 Å². The molecule has 0 aliphatic heterocycles. The van der Waals surface area contributed by atoms with Gasteiger partial charge in [0.1, 0.15) is 5.82 Å². The minimum absolute atomic E-state index is 0.216. The Balaban J connectivity index is 1.79. The van der Waals surface area contributed by atoms with Crippen molar-refractivity contribution >= 4 is 27.5 Å². The van der Waals surface area contributed by atoms with Crippen LogP contribution in [0.2, 0.25) is 0 Å². The van der Waals surface area contributed by atoms with Crippen LogP contribution in [0.15, 0.2) is 22.7 Å². The Kier molecular flexibility index (Phi) is 5.46. The zero-order chi connectivity index (χ0) is 13.0. The van der Waals surface area contributed by atoms with Crippen molar-refractivity contribution in [3.8, 4) is 0 Å². The van der Waals surface area contributed by atoms with Crippen molar-refractivity contribution in [2.24, 2.45) is 5.92 Å². The van der Waals surface area contributed by atoms with Gasteiger partial charge in [-0.05, 0) is 58.9 Å². The van der Waals surface area contributed by atoms with Crippen LogP contribution in [0, 0.1) is 11.7 Å². The fourth-order valence-electron chi connectivity index (χ4n) is 2.44. The van der Waals surface area contributed by atoms with Crippen molar-refractivity contribution < 1.29 is 4.39 Å². The largest absolute Gasteiger partial charge is 0.312 e. The van der Waals surface area contributed by atoms with Gasteiger partial charge in [-0.1, -0.05) is 18.9 Å². The second-order valence-corrected chi connectivity index (χ2v) is 6.35. The van der Waals surface area contributed by atoms with Crippen molar-refractivity contribution in [1.29, 1.82) is 0 Å². The first-order valence-electron chi connectivity index (χ1n) is 6.45. The lowest BCUT2D eigenvalue weighted by Crippen LogP contribution is -2.30. The molecule has 1 fully saturated rings. The molecule has 2 atom stereocenters. The first kappa shape index (κ1) is 14.3. The summed E-state index contributed by atoms with van der Waals surface area (Å²) in [6.07, 6.45) is 4.90. The molecule has 1 nitrogen and oxygen atoms in total. The fraction of sp³-hybridized carbons (Fsp3) is 0.571. The Morgan fingerprint density at radius 3 is 2.83 bits per heavy atom. The molecule has 1 aliphatic carbocycles. The first-order valence-corrected chi connectivity index (χ1v) is 7.68. The highest BCUT2D eigenvalue weighted by atomic mass is 79.9. The predicted octanol–water partition coefficient (Wildman–Crippen LogP) is 4.48. The van der Waals surface area contributed by atoms with Crippen molar-refractivity contribution in [3.63, 3.8) is 0 Å². The summed E-state index contributed by atoms with van der Waals surface area (Å²) in [5.74, 6) is 0.358. The molecule has 0 aromatic heterocycles. The van der Waals surface area contributed by atoms with Gasteiger partial charge in [-0.15, -0.1) is 11.6 Å². The van der Waals surface area contributed by atoms with Gasteiger partial charge in [-0.2, -0.15) is 0 Å². The highest BCUT2D eigenvalue weighted by molar-refractivity contribution is 9.10. The van der Waals surface area contributed by atoms with Gasteiger partial charge in [0.25, 0.3) is 0 Å². The number of nitrogens with one attached hydrogen (secondary N) is 1. The maximum absolute atomic E-state index is 13.1. The van der Waals surface area contributed by atoms with Gasteiger partial charge in [0, 0.05) is 11.9 Å². The standard InChI is InChI=1S/C14H18BrClFN/c15-12-7-10(5-6-14(12)17)8-18-9-11-3-1-2-4-13(11)16/h5-7,11,13,18H,1-4,8-9H2. The summed E-state index contributed by atoms with van der Waals surface area (Å²) in [4.78, 5) is 0. The van der Waals surface area contributed by atoms with Crippen LogP contribution < -0.4 is 5.32 Å².